The van der Waals surface area contributed by atoms with Crippen molar-refractivity contribution in [3.63, 3.8) is 0 Å². The number of rotatable bonds is 4. The Morgan fingerprint density at radius 3 is 2.61 bits per heavy atom. The molecule has 1 aliphatic rings. The Bertz CT molecular complexity index is 384. The first-order chi connectivity index (χ1) is 8.52. The minimum Gasteiger partial charge on any atom is -0.309 e. The zero-order valence-corrected chi connectivity index (χ0v) is 12.0. The molecule has 0 radical (unpaired) electrons. The van der Waals surface area contributed by atoms with Gasteiger partial charge in [0.1, 0.15) is 0 Å². The van der Waals surface area contributed by atoms with Gasteiger partial charge in [0.25, 0.3) is 0 Å². The van der Waals surface area contributed by atoms with E-state index in [1.807, 2.05) is 19.1 Å². The van der Waals surface area contributed by atoms with Gasteiger partial charge in [0.15, 0.2) is 0 Å². The van der Waals surface area contributed by atoms with E-state index >= 15 is 0 Å². The van der Waals surface area contributed by atoms with Gasteiger partial charge >= 0.3 is 0 Å². The number of hydrogen-bond acceptors (Lipinski definition) is 2. The highest BCUT2D eigenvalue weighted by Gasteiger charge is 2.38. The topological polar surface area (TPSA) is 12.0 Å². The van der Waals surface area contributed by atoms with Gasteiger partial charge in [-0.3, -0.25) is 0 Å². The normalized spacial score (nSPS) is 22.0. The summed E-state index contributed by atoms with van der Waals surface area (Å²) in [5.74, 6) is -2.17. The molecule has 102 valence electrons. The quantitative estimate of drug-likeness (QED) is 0.834. The van der Waals surface area contributed by atoms with Crippen molar-refractivity contribution in [1.29, 1.82) is 0 Å². The zero-order valence-electron chi connectivity index (χ0n) is 10.4. The molecule has 1 saturated carbocycles. The fourth-order valence-electron chi connectivity index (χ4n) is 2.61. The van der Waals surface area contributed by atoms with E-state index in [0.29, 0.717) is 18.8 Å². The van der Waals surface area contributed by atoms with Crippen LogP contribution in [0.1, 0.15) is 43.5 Å². The molecule has 5 heteroatoms. The van der Waals surface area contributed by atoms with Crippen LogP contribution in [0.25, 0.3) is 0 Å². The van der Waals surface area contributed by atoms with Crippen molar-refractivity contribution in [2.24, 2.45) is 5.92 Å². The molecule has 1 aromatic rings. The summed E-state index contributed by atoms with van der Waals surface area (Å²) in [4.78, 5) is 1.16. The molecule has 1 N–H and O–H groups in total. The average Bonchev–Trinajstić information content (AvgIpc) is 2.73. The summed E-state index contributed by atoms with van der Waals surface area (Å²) in [6.45, 7) is 2.88. The Morgan fingerprint density at radius 1 is 1.44 bits per heavy atom. The number of thiophene rings is 1. The van der Waals surface area contributed by atoms with Crippen molar-refractivity contribution in [2.45, 2.75) is 44.6 Å². The number of halogens is 3. The molecule has 0 amide bonds. The molecule has 1 fully saturated rings. The second-order valence-corrected chi connectivity index (χ2v) is 6.62. The Hall–Kier alpha value is -0.190. The second-order valence-electron chi connectivity index (χ2n) is 4.87. The number of hydrogen-bond donors (Lipinski definition) is 1. The van der Waals surface area contributed by atoms with E-state index in [-0.39, 0.29) is 18.9 Å². The second kappa shape index (κ2) is 5.85. The van der Waals surface area contributed by atoms with Crippen molar-refractivity contribution in [3.8, 4) is 0 Å². The van der Waals surface area contributed by atoms with Gasteiger partial charge in [0, 0.05) is 23.8 Å². The van der Waals surface area contributed by atoms with Gasteiger partial charge in [0.05, 0.1) is 4.34 Å². The molecule has 1 aliphatic carbocycles. The van der Waals surface area contributed by atoms with E-state index in [1.54, 1.807) is 11.3 Å². The lowest BCUT2D eigenvalue weighted by Crippen LogP contribution is -2.33. The van der Waals surface area contributed by atoms with Gasteiger partial charge in [-0.05, 0) is 37.4 Å². The standard InChI is InChI=1S/C13H18ClF2NS/c1-2-17-12(10-3-4-11(14)18-10)9-5-7-13(15,16)8-6-9/h3-4,9,12,17H,2,5-8H2,1H3. The summed E-state index contributed by atoms with van der Waals surface area (Å²) in [5, 5.41) is 3.42. The first-order valence-electron chi connectivity index (χ1n) is 6.38. The van der Waals surface area contributed by atoms with Gasteiger partial charge in [-0.15, -0.1) is 11.3 Å². The van der Waals surface area contributed by atoms with E-state index in [1.165, 1.54) is 0 Å². The number of alkyl halides is 2. The third kappa shape index (κ3) is 3.43. The van der Waals surface area contributed by atoms with Crippen LogP contribution in [-0.4, -0.2) is 12.5 Å². The molecule has 0 bridgehead atoms. The fraction of sp³-hybridized carbons (Fsp3) is 0.692. The summed E-state index contributed by atoms with van der Waals surface area (Å²) >= 11 is 7.50. The van der Waals surface area contributed by atoms with E-state index < -0.39 is 5.92 Å². The van der Waals surface area contributed by atoms with Crippen LogP contribution in [0.4, 0.5) is 8.78 Å². The van der Waals surface area contributed by atoms with Gasteiger partial charge < -0.3 is 5.32 Å². The van der Waals surface area contributed by atoms with E-state index in [0.717, 1.165) is 15.8 Å². The fourth-order valence-corrected chi connectivity index (χ4v) is 3.84. The highest BCUT2D eigenvalue weighted by Crippen LogP contribution is 2.42. The lowest BCUT2D eigenvalue weighted by molar-refractivity contribution is -0.0495. The first-order valence-corrected chi connectivity index (χ1v) is 7.58. The average molecular weight is 294 g/mol. The van der Waals surface area contributed by atoms with Gasteiger partial charge in [0.2, 0.25) is 5.92 Å². The molecule has 1 heterocycles. The highest BCUT2D eigenvalue weighted by atomic mass is 35.5. The Labute approximate surface area is 116 Å². The Morgan fingerprint density at radius 2 is 2.11 bits per heavy atom. The predicted molar refractivity (Wildman–Crippen MR) is 72.7 cm³/mol. The molecule has 1 aromatic heterocycles. The maximum Gasteiger partial charge on any atom is 0.248 e. The molecule has 18 heavy (non-hydrogen) atoms. The van der Waals surface area contributed by atoms with Crippen LogP contribution in [0.3, 0.4) is 0 Å². The molecule has 1 nitrogen and oxygen atoms in total. The van der Waals surface area contributed by atoms with Crippen LogP contribution < -0.4 is 5.32 Å². The molecule has 0 saturated heterocycles. The van der Waals surface area contributed by atoms with Crippen molar-refractivity contribution in [3.05, 3.63) is 21.3 Å². The molecule has 0 spiro atoms. The SMILES string of the molecule is CCNC(c1ccc(Cl)s1)C1CCC(F)(F)CC1. The molecular formula is C13H18ClF2NS. The van der Waals surface area contributed by atoms with Crippen LogP contribution in [0, 0.1) is 5.92 Å². The van der Waals surface area contributed by atoms with Crippen molar-refractivity contribution in [1.82, 2.24) is 5.32 Å². The summed E-state index contributed by atoms with van der Waals surface area (Å²) in [7, 11) is 0. The summed E-state index contributed by atoms with van der Waals surface area (Å²) in [5.41, 5.74) is 0. The van der Waals surface area contributed by atoms with Crippen LogP contribution in [-0.2, 0) is 0 Å². The van der Waals surface area contributed by atoms with Crippen molar-refractivity contribution >= 4 is 22.9 Å². The monoisotopic (exact) mass is 293 g/mol. The van der Waals surface area contributed by atoms with Crippen LogP contribution >= 0.6 is 22.9 Å². The highest BCUT2D eigenvalue weighted by molar-refractivity contribution is 7.16. The van der Waals surface area contributed by atoms with Crippen molar-refractivity contribution in [2.75, 3.05) is 6.54 Å². The first kappa shape index (κ1) is 14.2. The van der Waals surface area contributed by atoms with E-state index in [4.69, 9.17) is 11.6 Å². The molecule has 0 aliphatic heterocycles. The van der Waals surface area contributed by atoms with E-state index in [2.05, 4.69) is 5.32 Å². The largest absolute Gasteiger partial charge is 0.309 e. The Kier molecular flexibility index (Phi) is 4.62. The van der Waals surface area contributed by atoms with Gasteiger partial charge in [-0.25, -0.2) is 8.78 Å². The minimum absolute atomic E-state index is 0.0126. The Balaban J connectivity index is 2.07. The molecule has 2 rings (SSSR count). The van der Waals surface area contributed by atoms with Gasteiger partial charge in [-0.1, -0.05) is 18.5 Å². The van der Waals surface area contributed by atoms with Crippen molar-refractivity contribution < 1.29 is 8.78 Å². The van der Waals surface area contributed by atoms with E-state index in [9.17, 15) is 8.78 Å². The number of nitrogens with one attached hydrogen (secondary N) is 1. The van der Waals surface area contributed by atoms with Crippen LogP contribution in [0.2, 0.25) is 4.34 Å². The van der Waals surface area contributed by atoms with Crippen LogP contribution in [0.15, 0.2) is 12.1 Å². The lowest BCUT2D eigenvalue weighted by atomic mass is 9.81. The van der Waals surface area contributed by atoms with Crippen LogP contribution in [0.5, 0.6) is 0 Å². The summed E-state index contributed by atoms with van der Waals surface area (Å²) in [6, 6.07) is 4.06. The third-order valence-corrected chi connectivity index (χ3v) is 4.87. The summed E-state index contributed by atoms with van der Waals surface area (Å²) < 4.78 is 27.1. The molecule has 0 aromatic carbocycles. The third-order valence-electron chi connectivity index (χ3n) is 3.56. The summed E-state index contributed by atoms with van der Waals surface area (Å²) in [6.07, 6.45) is 1.19. The molecule has 1 unspecified atom stereocenters. The molecule has 1 atom stereocenters. The predicted octanol–water partition coefficient (Wildman–Crippen LogP) is 4.88. The lowest BCUT2D eigenvalue weighted by Gasteiger charge is -2.33. The zero-order chi connectivity index (χ0) is 13.2. The van der Waals surface area contributed by atoms with Gasteiger partial charge in [-0.2, -0.15) is 0 Å². The molecular weight excluding hydrogens is 276 g/mol. The maximum atomic E-state index is 13.2. The maximum absolute atomic E-state index is 13.2. The minimum atomic E-state index is -2.46. The smallest absolute Gasteiger partial charge is 0.248 e.